The first-order valence-corrected chi connectivity index (χ1v) is 12.4. The Morgan fingerprint density at radius 3 is 2.34 bits per heavy atom. The molecule has 0 bridgehead atoms. The molecule has 0 aliphatic rings. The summed E-state index contributed by atoms with van der Waals surface area (Å²) in [5.41, 5.74) is 13.5. The van der Waals surface area contributed by atoms with Crippen LogP contribution in [0.3, 0.4) is 0 Å². The molecule has 12 heteroatoms. The largest absolute Gasteiger partial charge is 0.497 e. The third kappa shape index (κ3) is 6.09. The van der Waals surface area contributed by atoms with Crippen LogP contribution in [0.15, 0.2) is 42.5 Å². The minimum absolute atomic E-state index is 0.0597. The van der Waals surface area contributed by atoms with Gasteiger partial charge in [-0.1, -0.05) is 29.8 Å². The Morgan fingerprint density at radius 2 is 1.79 bits per heavy atom. The molecule has 200 valence electrons. The van der Waals surface area contributed by atoms with Gasteiger partial charge in [0.2, 0.25) is 5.91 Å². The van der Waals surface area contributed by atoms with E-state index in [0.717, 1.165) is 5.56 Å². The summed E-state index contributed by atoms with van der Waals surface area (Å²) >= 11 is 0.707. The van der Waals surface area contributed by atoms with Crippen molar-refractivity contribution in [2.45, 2.75) is 26.8 Å². The van der Waals surface area contributed by atoms with E-state index in [9.17, 15) is 19.2 Å². The van der Waals surface area contributed by atoms with E-state index in [0.29, 0.717) is 34.1 Å². The number of anilines is 2. The number of nitrogens with one attached hydrogen (secondary N) is 1. The van der Waals surface area contributed by atoms with Crippen molar-refractivity contribution in [2.24, 2.45) is 5.73 Å². The molecule has 0 unspecified atom stereocenters. The molecule has 0 aliphatic heterocycles. The molecule has 0 saturated carbocycles. The molecule has 1 heterocycles. The number of hydrogen-bond acceptors (Lipinski definition) is 9. The molecule has 0 radical (unpaired) electrons. The highest BCUT2D eigenvalue weighted by Gasteiger charge is 2.37. The maximum Gasteiger partial charge on any atom is 0.325 e. The van der Waals surface area contributed by atoms with Crippen LogP contribution in [0.4, 0.5) is 11.4 Å². The zero-order chi connectivity index (χ0) is 28.0. The molecule has 1 aromatic heterocycles. The summed E-state index contributed by atoms with van der Waals surface area (Å²) in [6.45, 7) is 5.10. The normalized spacial score (nSPS) is 11.4. The number of carbonyl (C=O) groups excluding carboxylic acids is 4. The van der Waals surface area contributed by atoms with Crippen molar-refractivity contribution in [3.8, 4) is 5.75 Å². The number of aromatic nitrogens is 1. The van der Waals surface area contributed by atoms with Crippen LogP contribution in [-0.2, 0) is 14.3 Å². The Hall–Kier alpha value is -4.45. The molecular formula is C26H29N5O6S. The van der Waals surface area contributed by atoms with E-state index in [1.165, 1.54) is 12.0 Å². The highest BCUT2D eigenvalue weighted by atomic mass is 32.1. The molecular weight excluding hydrogens is 510 g/mol. The standard InChI is InChI=1S/C26H29N5O6S/c1-5-37-19(32)13-29-25(34)22(16-7-9-17(36-4)10-8-16)31(18-11-6-14(2)12-15(18)3)26(35)23-20(27)21(24(28)33)30-38-23/h6-12,22H,5,13,27H2,1-4H3,(H2,28,33)(H,29,34)/t22-/m1/s1. The number of esters is 1. The number of primary amides is 1. The SMILES string of the molecule is CCOC(=O)CNC(=O)[C@@H](c1ccc(OC)cc1)N(C(=O)c1snc(C(N)=O)c1N)c1ccc(C)cc1C. The molecule has 5 N–H and O–H groups in total. The molecule has 3 amide bonds. The average molecular weight is 540 g/mol. The number of aryl methyl sites for hydroxylation is 2. The fourth-order valence-electron chi connectivity index (χ4n) is 3.85. The zero-order valence-corrected chi connectivity index (χ0v) is 22.3. The Labute approximate surface area is 223 Å². The van der Waals surface area contributed by atoms with Crippen LogP contribution in [-0.4, -0.2) is 48.3 Å². The third-order valence-corrected chi connectivity index (χ3v) is 6.49. The molecule has 3 rings (SSSR count). The lowest BCUT2D eigenvalue weighted by atomic mass is 10.0. The van der Waals surface area contributed by atoms with Crippen molar-refractivity contribution in [3.63, 3.8) is 0 Å². The lowest BCUT2D eigenvalue weighted by molar-refractivity contribution is -0.143. The molecule has 38 heavy (non-hydrogen) atoms. The van der Waals surface area contributed by atoms with Crippen LogP contribution in [0, 0.1) is 13.8 Å². The predicted octanol–water partition coefficient (Wildman–Crippen LogP) is 2.52. The topological polar surface area (TPSA) is 167 Å². The molecule has 3 aromatic rings. The average Bonchev–Trinajstić information content (AvgIpc) is 3.28. The highest BCUT2D eigenvalue weighted by molar-refractivity contribution is 7.09. The quantitative estimate of drug-likeness (QED) is 0.330. The molecule has 2 aromatic carbocycles. The smallest absolute Gasteiger partial charge is 0.325 e. The maximum atomic E-state index is 14.1. The van der Waals surface area contributed by atoms with Gasteiger partial charge in [0, 0.05) is 5.69 Å². The van der Waals surface area contributed by atoms with Crippen LogP contribution < -0.4 is 26.4 Å². The first-order valence-electron chi connectivity index (χ1n) is 11.6. The molecule has 0 aliphatic carbocycles. The van der Waals surface area contributed by atoms with Crippen LogP contribution in [0.2, 0.25) is 0 Å². The lowest BCUT2D eigenvalue weighted by Gasteiger charge is -2.32. The fourth-order valence-corrected chi connectivity index (χ4v) is 4.59. The number of nitrogens with zero attached hydrogens (tertiary/aromatic N) is 2. The Balaban J connectivity index is 2.20. The number of amides is 3. The van der Waals surface area contributed by atoms with E-state index in [2.05, 4.69) is 9.69 Å². The summed E-state index contributed by atoms with van der Waals surface area (Å²) in [6.07, 6.45) is 0. The van der Waals surface area contributed by atoms with Gasteiger partial charge >= 0.3 is 5.97 Å². The third-order valence-electron chi connectivity index (χ3n) is 5.64. The number of carbonyl (C=O) groups is 4. The van der Waals surface area contributed by atoms with Gasteiger partial charge in [-0.25, -0.2) is 0 Å². The summed E-state index contributed by atoms with van der Waals surface area (Å²) in [5, 5.41) is 2.56. The Kier molecular flexibility index (Phi) is 9.02. The van der Waals surface area contributed by atoms with Crippen molar-refractivity contribution in [3.05, 3.63) is 69.7 Å². The molecule has 11 nitrogen and oxygen atoms in total. The number of hydrogen-bond donors (Lipinski definition) is 3. The minimum atomic E-state index is -1.25. The van der Waals surface area contributed by atoms with Gasteiger partial charge in [0.1, 0.15) is 23.2 Å². The van der Waals surface area contributed by atoms with Gasteiger partial charge in [0.25, 0.3) is 11.8 Å². The van der Waals surface area contributed by atoms with E-state index < -0.39 is 36.3 Å². The van der Waals surface area contributed by atoms with Crippen molar-refractivity contribution in [2.75, 3.05) is 30.9 Å². The number of nitrogen functional groups attached to an aromatic ring is 1. The first-order chi connectivity index (χ1) is 18.1. The Bertz CT molecular complexity index is 1350. The number of nitrogens with two attached hydrogens (primary N) is 2. The second-order valence-electron chi connectivity index (χ2n) is 8.30. The van der Waals surface area contributed by atoms with Gasteiger partial charge in [-0.3, -0.25) is 24.1 Å². The second-order valence-corrected chi connectivity index (χ2v) is 9.08. The Morgan fingerprint density at radius 1 is 1.11 bits per heavy atom. The lowest BCUT2D eigenvalue weighted by Crippen LogP contribution is -2.45. The fraction of sp³-hybridized carbons (Fsp3) is 0.269. The van der Waals surface area contributed by atoms with Crippen molar-refractivity contribution in [1.82, 2.24) is 9.69 Å². The number of benzene rings is 2. The van der Waals surface area contributed by atoms with Gasteiger partial charge in [0.05, 0.1) is 19.4 Å². The van der Waals surface area contributed by atoms with Crippen LogP contribution in [0.5, 0.6) is 5.75 Å². The minimum Gasteiger partial charge on any atom is -0.497 e. The summed E-state index contributed by atoms with van der Waals surface area (Å²) in [6, 6.07) is 10.7. The summed E-state index contributed by atoms with van der Waals surface area (Å²) in [5.74, 6) is -2.28. The summed E-state index contributed by atoms with van der Waals surface area (Å²) in [4.78, 5) is 52.7. The first kappa shape index (κ1) is 28.1. The van der Waals surface area contributed by atoms with E-state index >= 15 is 0 Å². The zero-order valence-electron chi connectivity index (χ0n) is 21.4. The van der Waals surface area contributed by atoms with E-state index in [1.807, 2.05) is 13.0 Å². The van der Waals surface area contributed by atoms with Crippen molar-refractivity contribution >= 4 is 46.6 Å². The molecule has 0 saturated heterocycles. The van der Waals surface area contributed by atoms with Crippen LogP contribution in [0.1, 0.15) is 49.8 Å². The van der Waals surface area contributed by atoms with E-state index in [1.54, 1.807) is 50.2 Å². The van der Waals surface area contributed by atoms with Crippen LogP contribution in [0.25, 0.3) is 0 Å². The maximum absolute atomic E-state index is 14.1. The number of methoxy groups -OCH3 is 1. The number of rotatable bonds is 10. The van der Waals surface area contributed by atoms with Gasteiger partial charge < -0.3 is 26.3 Å². The summed E-state index contributed by atoms with van der Waals surface area (Å²) in [7, 11) is 1.51. The van der Waals surface area contributed by atoms with Crippen molar-refractivity contribution < 1.29 is 28.7 Å². The number of ether oxygens (including phenoxy) is 2. The molecule has 0 spiro atoms. The molecule has 0 fully saturated rings. The van der Waals surface area contributed by atoms with Gasteiger partial charge in [0.15, 0.2) is 5.69 Å². The summed E-state index contributed by atoms with van der Waals surface area (Å²) < 4.78 is 14.1. The predicted molar refractivity (Wildman–Crippen MR) is 143 cm³/mol. The monoisotopic (exact) mass is 539 g/mol. The second kappa shape index (κ2) is 12.2. The van der Waals surface area contributed by atoms with Crippen molar-refractivity contribution in [1.29, 1.82) is 0 Å². The van der Waals surface area contributed by atoms with E-state index in [-0.39, 0.29) is 22.9 Å². The van der Waals surface area contributed by atoms with Gasteiger partial charge in [-0.05, 0) is 61.6 Å². The van der Waals surface area contributed by atoms with Crippen LogP contribution >= 0.6 is 11.5 Å². The van der Waals surface area contributed by atoms with E-state index in [4.69, 9.17) is 20.9 Å². The molecule has 1 atom stereocenters. The highest BCUT2D eigenvalue weighted by Crippen LogP contribution is 2.35. The van der Waals surface area contributed by atoms with Gasteiger partial charge in [-0.2, -0.15) is 4.37 Å². The van der Waals surface area contributed by atoms with Gasteiger partial charge in [-0.15, -0.1) is 0 Å².